The normalized spacial score (nSPS) is 18.5. The molecule has 158 valence electrons. The van der Waals surface area contributed by atoms with E-state index in [-0.39, 0.29) is 18.3 Å². The molecule has 7 aromatic rings. The van der Waals surface area contributed by atoms with E-state index in [0.29, 0.717) is 0 Å². The third-order valence-electron chi connectivity index (χ3n) is 8.54. The molecule has 0 spiro atoms. The monoisotopic (exact) mass is 426 g/mol. The van der Waals surface area contributed by atoms with Crippen molar-refractivity contribution in [2.75, 3.05) is 0 Å². The molecule has 1 fully saturated rings. The van der Waals surface area contributed by atoms with Gasteiger partial charge in [-0.15, -0.1) is 0 Å². The highest BCUT2D eigenvalue weighted by Crippen LogP contribution is 2.48. The van der Waals surface area contributed by atoms with Gasteiger partial charge in [-0.05, 0) is 97.8 Å². The van der Waals surface area contributed by atoms with Crippen LogP contribution in [0.4, 0.5) is 0 Å². The molecular weight excluding hydrogens is 403 g/mol. The lowest BCUT2D eigenvalue weighted by Crippen LogP contribution is -2.41. The maximum Gasteiger partial charge on any atom is 0.495 e. The largest absolute Gasteiger partial charge is 0.495 e. The zero-order valence-electron chi connectivity index (χ0n) is 19.2. The van der Waals surface area contributed by atoms with E-state index in [1.165, 1.54) is 64.6 Å². The molecule has 1 aliphatic rings. The minimum Gasteiger partial charge on any atom is -0.399 e. The number of benzene rings is 7. The van der Waals surface area contributed by atoms with Gasteiger partial charge < -0.3 is 9.31 Å². The summed E-state index contributed by atoms with van der Waals surface area (Å²) in [6, 6.07) is 25.0. The van der Waals surface area contributed by atoms with E-state index in [9.17, 15) is 0 Å². The molecule has 8 rings (SSSR count). The van der Waals surface area contributed by atoms with Gasteiger partial charge in [-0.1, -0.05) is 66.7 Å². The first-order valence-electron chi connectivity index (χ1n) is 11.8. The standard InChI is InChI=1S/C30H23BO2/c1-29(2)30(3,4)33-31(32-29)22-15-20-12-11-18-8-6-16-5-7-17-9-10-19-13-14-21(22)28-26(19)24(17)23(16)25(18)27(20)28/h5-15H,1-4H3. The van der Waals surface area contributed by atoms with Crippen molar-refractivity contribution in [1.29, 1.82) is 0 Å². The molecule has 7 aromatic carbocycles. The Bertz CT molecular complexity index is 1810. The third kappa shape index (κ3) is 2.05. The summed E-state index contributed by atoms with van der Waals surface area (Å²) in [5, 5.41) is 15.9. The molecular formula is C30H23BO2. The fraction of sp³-hybridized carbons (Fsp3) is 0.200. The maximum atomic E-state index is 6.54. The van der Waals surface area contributed by atoms with Crippen molar-refractivity contribution in [3.8, 4) is 0 Å². The Hall–Kier alpha value is -3.14. The van der Waals surface area contributed by atoms with Crippen LogP contribution < -0.4 is 5.46 Å². The smallest absolute Gasteiger partial charge is 0.399 e. The second-order valence-electron chi connectivity index (χ2n) is 10.8. The average molecular weight is 426 g/mol. The molecule has 0 radical (unpaired) electrons. The van der Waals surface area contributed by atoms with Crippen LogP contribution in [0.25, 0.3) is 64.6 Å². The van der Waals surface area contributed by atoms with Crippen molar-refractivity contribution < 1.29 is 9.31 Å². The molecule has 0 N–H and O–H groups in total. The number of hydrogen-bond acceptors (Lipinski definition) is 2. The van der Waals surface area contributed by atoms with Gasteiger partial charge in [-0.25, -0.2) is 0 Å². The van der Waals surface area contributed by atoms with Crippen LogP contribution in [0.3, 0.4) is 0 Å². The first-order chi connectivity index (χ1) is 15.8. The third-order valence-corrected chi connectivity index (χ3v) is 8.54. The second-order valence-corrected chi connectivity index (χ2v) is 10.8. The minimum absolute atomic E-state index is 0.373. The van der Waals surface area contributed by atoms with Gasteiger partial charge in [0.25, 0.3) is 0 Å². The zero-order valence-corrected chi connectivity index (χ0v) is 19.2. The molecule has 0 aromatic heterocycles. The van der Waals surface area contributed by atoms with Crippen LogP contribution in [0.1, 0.15) is 27.7 Å². The van der Waals surface area contributed by atoms with Crippen molar-refractivity contribution in [3.05, 3.63) is 66.7 Å². The van der Waals surface area contributed by atoms with Crippen LogP contribution in [-0.4, -0.2) is 18.3 Å². The number of hydrogen-bond donors (Lipinski definition) is 0. The Kier molecular flexibility index (Phi) is 3.05. The van der Waals surface area contributed by atoms with Gasteiger partial charge in [0.05, 0.1) is 11.2 Å². The van der Waals surface area contributed by atoms with Gasteiger partial charge in [-0.3, -0.25) is 0 Å². The highest BCUT2D eigenvalue weighted by atomic mass is 16.7. The van der Waals surface area contributed by atoms with Crippen molar-refractivity contribution in [2.45, 2.75) is 38.9 Å². The fourth-order valence-electron chi connectivity index (χ4n) is 6.18. The summed E-state index contributed by atoms with van der Waals surface area (Å²) in [7, 11) is -0.389. The topological polar surface area (TPSA) is 18.5 Å². The fourth-order valence-corrected chi connectivity index (χ4v) is 6.18. The van der Waals surface area contributed by atoms with E-state index in [1.54, 1.807) is 0 Å². The van der Waals surface area contributed by atoms with Crippen molar-refractivity contribution in [1.82, 2.24) is 0 Å². The van der Waals surface area contributed by atoms with E-state index >= 15 is 0 Å². The van der Waals surface area contributed by atoms with Crippen LogP contribution in [-0.2, 0) is 9.31 Å². The number of rotatable bonds is 1. The summed E-state index contributed by atoms with van der Waals surface area (Å²) in [6.45, 7) is 8.50. The lowest BCUT2D eigenvalue weighted by Gasteiger charge is -2.32. The minimum atomic E-state index is -0.389. The molecule has 0 amide bonds. The summed E-state index contributed by atoms with van der Waals surface area (Å²) < 4.78 is 13.1. The first kappa shape index (κ1) is 18.3. The Morgan fingerprint density at radius 3 is 1.33 bits per heavy atom. The van der Waals surface area contributed by atoms with Crippen LogP contribution in [0.5, 0.6) is 0 Å². The Morgan fingerprint density at radius 1 is 0.485 bits per heavy atom. The van der Waals surface area contributed by atoms with E-state index < -0.39 is 0 Å². The summed E-state index contributed by atoms with van der Waals surface area (Å²) in [5.41, 5.74) is 0.380. The van der Waals surface area contributed by atoms with Crippen LogP contribution in [0.2, 0.25) is 0 Å². The van der Waals surface area contributed by atoms with Crippen LogP contribution >= 0.6 is 0 Å². The molecule has 1 heterocycles. The second kappa shape index (κ2) is 5.49. The summed E-state index contributed by atoms with van der Waals surface area (Å²) in [5.74, 6) is 0. The molecule has 0 bridgehead atoms. The van der Waals surface area contributed by atoms with Crippen molar-refractivity contribution in [3.63, 3.8) is 0 Å². The predicted octanol–water partition coefficient (Wildman–Crippen LogP) is 7.22. The maximum absolute atomic E-state index is 6.54. The highest BCUT2D eigenvalue weighted by Gasteiger charge is 2.52. The SMILES string of the molecule is CC1(C)OB(c2cc3ccc4ccc5ccc6ccc7ccc2c2c7c6c5c4c32)OC1(C)C. The van der Waals surface area contributed by atoms with Gasteiger partial charge in [0.2, 0.25) is 0 Å². The average Bonchev–Trinajstić information content (AvgIpc) is 3.03. The molecule has 1 aliphatic heterocycles. The molecule has 0 atom stereocenters. The van der Waals surface area contributed by atoms with E-state index in [0.717, 1.165) is 5.46 Å². The van der Waals surface area contributed by atoms with Gasteiger partial charge in [0, 0.05) is 0 Å². The Labute approximate surface area is 192 Å². The molecule has 0 saturated carbocycles. The zero-order chi connectivity index (χ0) is 22.3. The lowest BCUT2D eigenvalue weighted by atomic mass is 9.72. The van der Waals surface area contributed by atoms with Crippen LogP contribution in [0.15, 0.2) is 66.7 Å². The van der Waals surface area contributed by atoms with E-state index in [4.69, 9.17) is 9.31 Å². The van der Waals surface area contributed by atoms with Gasteiger partial charge in [0.15, 0.2) is 0 Å². The van der Waals surface area contributed by atoms with Crippen molar-refractivity contribution >= 4 is 77.2 Å². The van der Waals surface area contributed by atoms with Gasteiger partial charge >= 0.3 is 7.12 Å². The van der Waals surface area contributed by atoms with Gasteiger partial charge in [0.1, 0.15) is 0 Å². The summed E-state index contributed by atoms with van der Waals surface area (Å²) in [6.07, 6.45) is 0. The molecule has 0 unspecified atom stereocenters. The quantitative estimate of drug-likeness (QED) is 0.157. The lowest BCUT2D eigenvalue weighted by molar-refractivity contribution is 0.00578. The van der Waals surface area contributed by atoms with Gasteiger partial charge in [-0.2, -0.15) is 0 Å². The summed E-state index contributed by atoms with van der Waals surface area (Å²) in [4.78, 5) is 0. The van der Waals surface area contributed by atoms with Crippen LogP contribution in [0, 0.1) is 0 Å². The first-order valence-corrected chi connectivity index (χ1v) is 11.8. The van der Waals surface area contributed by atoms with E-state index in [2.05, 4.69) is 94.4 Å². The van der Waals surface area contributed by atoms with Crippen molar-refractivity contribution in [2.24, 2.45) is 0 Å². The van der Waals surface area contributed by atoms with E-state index in [1.807, 2.05) is 0 Å². The Balaban J connectivity index is 1.63. The summed E-state index contributed by atoms with van der Waals surface area (Å²) >= 11 is 0. The molecule has 33 heavy (non-hydrogen) atoms. The molecule has 1 saturated heterocycles. The molecule has 3 heteroatoms. The predicted molar refractivity (Wildman–Crippen MR) is 141 cm³/mol. The highest BCUT2D eigenvalue weighted by molar-refractivity contribution is 6.66. The molecule has 2 nitrogen and oxygen atoms in total. The molecule has 0 aliphatic carbocycles. The Morgan fingerprint density at radius 2 is 0.848 bits per heavy atom.